The molecule has 0 saturated heterocycles. The molecule has 1 aliphatic heterocycles. The lowest BCUT2D eigenvalue weighted by atomic mass is 10.2. The smallest absolute Gasteiger partial charge is 0.230 e. The highest BCUT2D eigenvalue weighted by molar-refractivity contribution is 6.11. The Balaban J connectivity index is 2.06. The summed E-state index contributed by atoms with van der Waals surface area (Å²) >= 11 is 0. The Labute approximate surface area is 88.2 Å². The number of hydrogen-bond acceptors (Lipinski definition) is 2. The van der Waals surface area contributed by atoms with E-state index < -0.39 is 0 Å². The largest absolute Gasteiger partial charge is 0.324 e. The van der Waals surface area contributed by atoms with Crippen molar-refractivity contribution < 1.29 is 4.79 Å². The maximum Gasteiger partial charge on any atom is 0.230 e. The van der Waals surface area contributed by atoms with Gasteiger partial charge in [0.25, 0.3) is 0 Å². The summed E-state index contributed by atoms with van der Waals surface area (Å²) in [5.74, 6) is 0.618. The number of para-hydroxylation sites is 2. The zero-order valence-electron chi connectivity index (χ0n) is 8.36. The number of rotatable bonds is 1. The highest BCUT2D eigenvalue weighted by Gasteiger charge is 2.30. The fourth-order valence-corrected chi connectivity index (χ4v) is 1.88. The Bertz CT molecular complexity index is 447. The van der Waals surface area contributed by atoms with Crippen LogP contribution in [0.3, 0.4) is 0 Å². The monoisotopic (exact) mass is 200 g/mol. The van der Waals surface area contributed by atoms with Crippen molar-refractivity contribution in [3.05, 3.63) is 24.3 Å². The van der Waals surface area contributed by atoms with E-state index in [1.54, 1.807) is 0 Å². The number of hydrogen-bond donors (Lipinski definition) is 1. The number of anilines is 1. The third-order valence-electron chi connectivity index (χ3n) is 2.83. The lowest BCUT2D eigenvalue weighted by molar-refractivity contribution is -0.115. The van der Waals surface area contributed by atoms with Crippen LogP contribution in [0.1, 0.15) is 19.3 Å². The standard InChI is InChI=1S/C12H12N2O/c15-12-7-11(8-5-6-8)13-9-3-1-2-4-10(9)14-12/h1-4,8H,5-7H2,(H,14,15). The van der Waals surface area contributed by atoms with Gasteiger partial charge in [0.1, 0.15) is 0 Å². The van der Waals surface area contributed by atoms with Crippen molar-refractivity contribution in [2.24, 2.45) is 10.9 Å². The highest BCUT2D eigenvalue weighted by atomic mass is 16.1. The highest BCUT2D eigenvalue weighted by Crippen LogP contribution is 2.36. The molecule has 2 aliphatic rings. The fourth-order valence-electron chi connectivity index (χ4n) is 1.88. The first kappa shape index (κ1) is 8.65. The van der Waals surface area contributed by atoms with E-state index in [0.717, 1.165) is 17.1 Å². The van der Waals surface area contributed by atoms with Gasteiger partial charge in [0.15, 0.2) is 0 Å². The number of aliphatic imine (C=N–C) groups is 1. The van der Waals surface area contributed by atoms with E-state index in [2.05, 4.69) is 10.3 Å². The van der Waals surface area contributed by atoms with Gasteiger partial charge in [-0.1, -0.05) is 12.1 Å². The molecular weight excluding hydrogens is 188 g/mol. The molecule has 1 saturated carbocycles. The second-order valence-electron chi connectivity index (χ2n) is 4.12. The van der Waals surface area contributed by atoms with Crippen LogP contribution in [0.5, 0.6) is 0 Å². The molecule has 1 heterocycles. The van der Waals surface area contributed by atoms with Crippen molar-refractivity contribution in [1.29, 1.82) is 0 Å². The van der Waals surface area contributed by atoms with Crippen LogP contribution in [0.25, 0.3) is 0 Å². The zero-order chi connectivity index (χ0) is 10.3. The number of carbonyl (C=O) groups excluding carboxylic acids is 1. The predicted molar refractivity (Wildman–Crippen MR) is 59.5 cm³/mol. The normalized spacial score (nSPS) is 20.0. The van der Waals surface area contributed by atoms with Gasteiger partial charge in [0.2, 0.25) is 5.91 Å². The minimum Gasteiger partial charge on any atom is -0.324 e. The van der Waals surface area contributed by atoms with Crippen LogP contribution >= 0.6 is 0 Å². The second-order valence-corrected chi connectivity index (χ2v) is 4.12. The van der Waals surface area contributed by atoms with Gasteiger partial charge in [0.05, 0.1) is 17.8 Å². The predicted octanol–water partition coefficient (Wildman–Crippen LogP) is 2.51. The molecule has 3 nitrogen and oxygen atoms in total. The number of nitrogens with one attached hydrogen (secondary N) is 1. The van der Waals surface area contributed by atoms with Gasteiger partial charge >= 0.3 is 0 Å². The summed E-state index contributed by atoms with van der Waals surface area (Å²) in [5.41, 5.74) is 2.78. The molecule has 0 spiro atoms. The minimum absolute atomic E-state index is 0.0607. The number of fused-ring (bicyclic) bond motifs is 1. The van der Waals surface area contributed by atoms with Crippen molar-refractivity contribution in [2.45, 2.75) is 19.3 Å². The summed E-state index contributed by atoms with van der Waals surface area (Å²) in [6.45, 7) is 0. The lowest BCUT2D eigenvalue weighted by Crippen LogP contribution is -2.15. The minimum atomic E-state index is 0.0607. The summed E-state index contributed by atoms with van der Waals surface area (Å²) in [5, 5.41) is 2.88. The third kappa shape index (κ3) is 1.65. The second kappa shape index (κ2) is 3.19. The number of amides is 1. The van der Waals surface area contributed by atoms with Gasteiger partial charge in [-0.25, -0.2) is 0 Å². The summed E-state index contributed by atoms with van der Waals surface area (Å²) in [6.07, 6.45) is 2.84. The van der Waals surface area contributed by atoms with Crippen molar-refractivity contribution in [1.82, 2.24) is 0 Å². The molecule has 1 amide bonds. The fraction of sp³-hybridized carbons (Fsp3) is 0.333. The van der Waals surface area contributed by atoms with Gasteiger partial charge in [-0.15, -0.1) is 0 Å². The summed E-state index contributed by atoms with van der Waals surface area (Å²) in [7, 11) is 0. The Morgan fingerprint density at radius 1 is 1.27 bits per heavy atom. The summed E-state index contributed by atoms with van der Waals surface area (Å²) in [6, 6.07) is 7.71. The number of carbonyl (C=O) groups is 1. The molecule has 0 atom stereocenters. The topological polar surface area (TPSA) is 41.5 Å². The summed E-state index contributed by atoms with van der Waals surface area (Å²) < 4.78 is 0. The van der Waals surface area contributed by atoms with Gasteiger partial charge in [0, 0.05) is 5.71 Å². The Hall–Kier alpha value is -1.64. The molecule has 3 rings (SSSR count). The Kier molecular flexibility index (Phi) is 1.84. The molecule has 3 heteroatoms. The van der Waals surface area contributed by atoms with E-state index in [1.165, 1.54) is 12.8 Å². The molecule has 1 fully saturated rings. The SMILES string of the molecule is O=C1CC(C2CC2)=Nc2ccccc2N1. The van der Waals surface area contributed by atoms with E-state index in [1.807, 2.05) is 24.3 Å². The van der Waals surface area contributed by atoms with E-state index in [4.69, 9.17) is 0 Å². The average Bonchev–Trinajstić information content (AvgIpc) is 3.02. The van der Waals surface area contributed by atoms with Crippen LogP contribution in [0.15, 0.2) is 29.3 Å². The lowest BCUT2D eigenvalue weighted by Gasteiger charge is -2.02. The molecule has 1 aromatic carbocycles. The molecule has 1 aliphatic carbocycles. The van der Waals surface area contributed by atoms with Crippen molar-refractivity contribution in [3.8, 4) is 0 Å². The van der Waals surface area contributed by atoms with Crippen LogP contribution in [-0.4, -0.2) is 11.6 Å². The number of benzene rings is 1. The molecule has 15 heavy (non-hydrogen) atoms. The molecule has 0 aromatic heterocycles. The van der Waals surface area contributed by atoms with Gasteiger partial charge < -0.3 is 5.32 Å². The van der Waals surface area contributed by atoms with Crippen LogP contribution in [-0.2, 0) is 4.79 Å². The van der Waals surface area contributed by atoms with Crippen LogP contribution in [0, 0.1) is 5.92 Å². The molecule has 0 radical (unpaired) electrons. The molecular formula is C12H12N2O. The number of nitrogens with zero attached hydrogens (tertiary/aromatic N) is 1. The van der Waals surface area contributed by atoms with E-state index in [-0.39, 0.29) is 5.91 Å². The van der Waals surface area contributed by atoms with Crippen LogP contribution in [0.4, 0.5) is 11.4 Å². The molecule has 1 aromatic rings. The van der Waals surface area contributed by atoms with E-state index in [9.17, 15) is 4.79 Å². The van der Waals surface area contributed by atoms with Crippen molar-refractivity contribution in [2.75, 3.05) is 5.32 Å². The quantitative estimate of drug-likeness (QED) is 0.743. The summed E-state index contributed by atoms with van der Waals surface area (Å²) in [4.78, 5) is 16.2. The maximum absolute atomic E-state index is 11.6. The van der Waals surface area contributed by atoms with Crippen LogP contribution in [0.2, 0.25) is 0 Å². The maximum atomic E-state index is 11.6. The molecule has 76 valence electrons. The molecule has 0 unspecified atom stereocenters. The first-order valence-electron chi connectivity index (χ1n) is 5.29. The van der Waals surface area contributed by atoms with Gasteiger partial charge in [-0.05, 0) is 30.9 Å². The third-order valence-corrected chi connectivity index (χ3v) is 2.83. The first-order valence-corrected chi connectivity index (χ1v) is 5.29. The first-order chi connectivity index (χ1) is 7.33. The average molecular weight is 200 g/mol. The van der Waals surface area contributed by atoms with Crippen LogP contribution < -0.4 is 5.32 Å². The van der Waals surface area contributed by atoms with E-state index in [0.29, 0.717) is 12.3 Å². The zero-order valence-corrected chi connectivity index (χ0v) is 8.36. The Morgan fingerprint density at radius 2 is 2.07 bits per heavy atom. The molecule has 0 bridgehead atoms. The molecule has 1 N–H and O–H groups in total. The van der Waals surface area contributed by atoms with Crippen molar-refractivity contribution >= 4 is 23.0 Å². The van der Waals surface area contributed by atoms with E-state index >= 15 is 0 Å². The van der Waals surface area contributed by atoms with Gasteiger partial charge in [-0.3, -0.25) is 9.79 Å². The Morgan fingerprint density at radius 3 is 2.87 bits per heavy atom. The van der Waals surface area contributed by atoms with Crippen molar-refractivity contribution in [3.63, 3.8) is 0 Å². The van der Waals surface area contributed by atoms with Gasteiger partial charge in [-0.2, -0.15) is 0 Å².